The van der Waals surface area contributed by atoms with Gasteiger partial charge in [0, 0.05) is 38.5 Å². The minimum Gasteiger partial charge on any atom is -0.411 e. The van der Waals surface area contributed by atoms with Gasteiger partial charge in [-0.25, -0.2) is 0 Å². The van der Waals surface area contributed by atoms with Crippen molar-refractivity contribution in [2.75, 3.05) is 40.3 Å². The van der Waals surface area contributed by atoms with Gasteiger partial charge in [0.2, 0.25) is 0 Å². The van der Waals surface area contributed by atoms with E-state index in [0.717, 1.165) is 44.7 Å². The lowest BCUT2D eigenvalue weighted by Crippen LogP contribution is -2.43. The molecule has 4 nitrogen and oxygen atoms in total. The van der Waals surface area contributed by atoms with Crippen LogP contribution in [0.5, 0.6) is 0 Å². The summed E-state index contributed by atoms with van der Waals surface area (Å²) in [5.74, 6) is 0.450. The summed E-state index contributed by atoms with van der Waals surface area (Å²) in [5.41, 5.74) is 0.985. The van der Waals surface area contributed by atoms with Crippen molar-refractivity contribution in [2.24, 2.45) is 11.1 Å². The molecule has 1 aliphatic rings. The second-order valence-electron chi connectivity index (χ2n) is 4.55. The Balaban J connectivity index is 2.39. The fourth-order valence-corrected chi connectivity index (χ4v) is 2.03. The van der Waals surface area contributed by atoms with Crippen LogP contribution in [0, 0.1) is 5.92 Å². The molecular weight excluding hydrogens is 190 g/mol. The van der Waals surface area contributed by atoms with Gasteiger partial charge < -0.3 is 15.0 Å². The zero-order chi connectivity index (χ0) is 11.3. The molecule has 1 atom stereocenters. The largest absolute Gasteiger partial charge is 0.411 e. The summed E-state index contributed by atoms with van der Waals surface area (Å²) < 4.78 is 0. The molecule has 1 saturated heterocycles. The van der Waals surface area contributed by atoms with Crippen molar-refractivity contribution in [1.82, 2.24) is 9.80 Å². The molecule has 4 heteroatoms. The third-order valence-electron chi connectivity index (χ3n) is 3.12. The molecule has 88 valence electrons. The first-order valence-corrected chi connectivity index (χ1v) is 5.75. The Morgan fingerprint density at radius 3 is 2.80 bits per heavy atom. The summed E-state index contributed by atoms with van der Waals surface area (Å²) in [6.07, 6.45) is 1.99. The lowest BCUT2D eigenvalue weighted by atomic mass is 9.93. The van der Waals surface area contributed by atoms with Gasteiger partial charge in [-0.2, -0.15) is 0 Å². The van der Waals surface area contributed by atoms with Crippen LogP contribution in [-0.4, -0.2) is 61.0 Å². The zero-order valence-corrected chi connectivity index (χ0v) is 10.1. The van der Waals surface area contributed by atoms with Crippen LogP contribution in [-0.2, 0) is 0 Å². The first-order chi connectivity index (χ1) is 7.17. The molecule has 1 heterocycles. The Bertz CT molecular complexity index is 216. The van der Waals surface area contributed by atoms with Crippen molar-refractivity contribution in [3.8, 4) is 0 Å². The van der Waals surface area contributed by atoms with Crippen LogP contribution in [0.15, 0.2) is 5.16 Å². The van der Waals surface area contributed by atoms with E-state index < -0.39 is 0 Å². The summed E-state index contributed by atoms with van der Waals surface area (Å²) in [6, 6.07) is 0. The highest BCUT2D eigenvalue weighted by atomic mass is 16.4. The SMILES string of the molecule is CCC1CN(CCN(C)C)CCC1=NO. The van der Waals surface area contributed by atoms with E-state index in [-0.39, 0.29) is 0 Å². The lowest BCUT2D eigenvalue weighted by molar-refractivity contribution is 0.207. The van der Waals surface area contributed by atoms with Crippen molar-refractivity contribution in [1.29, 1.82) is 0 Å². The fraction of sp³-hybridized carbons (Fsp3) is 0.909. The number of oxime groups is 1. The van der Waals surface area contributed by atoms with E-state index in [1.165, 1.54) is 0 Å². The maximum atomic E-state index is 8.86. The molecule has 0 aromatic carbocycles. The molecule has 0 aromatic heterocycles. The third-order valence-corrected chi connectivity index (χ3v) is 3.12. The highest BCUT2D eigenvalue weighted by molar-refractivity contribution is 5.87. The molecule has 0 saturated carbocycles. The molecule has 1 aliphatic heterocycles. The zero-order valence-electron chi connectivity index (χ0n) is 10.1. The quantitative estimate of drug-likeness (QED) is 0.561. The number of piperidine rings is 1. The number of hydrogen-bond acceptors (Lipinski definition) is 4. The maximum absolute atomic E-state index is 8.86. The lowest BCUT2D eigenvalue weighted by Gasteiger charge is -2.33. The van der Waals surface area contributed by atoms with Crippen LogP contribution in [0.4, 0.5) is 0 Å². The monoisotopic (exact) mass is 213 g/mol. The van der Waals surface area contributed by atoms with Crippen LogP contribution in [0.3, 0.4) is 0 Å². The first kappa shape index (κ1) is 12.5. The third kappa shape index (κ3) is 3.80. The second-order valence-corrected chi connectivity index (χ2v) is 4.55. The standard InChI is InChI=1S/C11H23N3O/c1-4-10-9-14(8-7-13(2)3)6-5-11(10)12-15/h10,15H,4-9H2,1-3H3. The molecular formula is C11H23N3O. The number of rotatable bonds is 4. The molecule has 15 heavy (non-hydrogen) atoms. The maximum Gasteiger partial charge on any atom is 0.0627 e. The van der Waals surface area contributed by atoms with Crippen LogP contribution in [0.1, 0.15) is 19.8 Å². The van der Waals surface area contributed by atoms with Gasteiger partial charge in [-0.3, -0.25) is 0 Å². The molecule has 0 bridgehead atoms. The normalized spacial score (nSPS) is 26.4. The van der Waals surface area contributed by atoms with Crippen molar-refractivity contribution < 1.29 is 5.21 Å². The van der Waals surface area contributed by atoms with Crippen molar-refractivity contribution in [3.63, 3.8) is 0 Å². The van der Waals surface area contributed by atoms with Gasteiger partial charge in [0.25, 0.3) is 0 Å². The van der Waals surface area contributed by atoms with E-state index in [1.54, 1.807) is 0 Å². The Morgan fingerprint density at radius 2 is 2.27 bits per heavy atom. The molecule has 0 amide bonds. The summed E-state index contributed by atoms with van der Waals surface area (Å²) >= 11 is 0. The molecule has 0 radical (unpaired) electrons. The minimum atomic E-state index is 0.450. The second kappa shape index (κ2) is 6.08. The summed E-state index contributed by atoms with van der Waals surface area (Å²) in [4.78, 5) is 4.67. The predicted molar refractivity (Wildman–Crippen MR) is 62.6 cm³/mol. The summed E-state index contributed by atoms with van der Waals surface area (Å²) in [6.45, 7) is 6.45. The van der Waals surface area contributed by atoms with Gasteiger partial charge in [0.15, 0.2) is 0 Å². The Morgan fingerprint density at radius 1 is 1.53 bits per heavy atom. The Labute approximate surface area is 92.5 Å². The van der Waals surface area contributed by atoms with Crippen LogP contribution >= 0.6 is 0 Å². The van der Waals surface area contributed by atoms with Gasteiger partial charge in [-0.05, 0) is 20.5 Å². The smallest absolute Gasteiger partial charge is 0.0627 e. The van der Waals surface area contributed by atoms with Gasteiger partial charge in [-0.15, -0.1) is 0 Å². The van der Waals surface area contributed by atoms with Crippen LogP contribution in [0.2, 0.25) is 0 Å². The van der Waals surface area contributed by atoms with E-state index in [2.05, 4.69) is 36.0 Å². The number of likely N-dealkylation sites (N-methyl/N-ethyl adjacent to an activating group) is 1. The number of hydrogen-bond donors (Lipinski definition) is 1. The molecule has 1 unspecified atom stereocenters. The van der Waals surface area contributed by atoms with E-state index >= 15 is 0 Å². The highest BCUT2D eigenvalue weighted by Gasteiger charge is 2.24. The Hall–Kier alpha value is -0.610. The van der Waals surface area contributed by atoms with Gasteiger partial charge in [0.1, 0.15) is 0 Å². The highest BCUT2D eigenvalue weighted by Crippen LogP contribution is 2.16. The van der Waals surface area contributed by atoms with Crippen molar-refractivity contribution >= 4 is 5.71 Å². The van der Waals surface area contributed by atoms with Crippen molar-refractivity contribution in [2.45, 2.75) is 19.8 Å². The van der Waals surface area contributed by atoms with E-state index in [4.69, 9.17) is 5.21 Å². The first-order valence-electron chi connectivity index (χ1n) is 5.75. The summed E-state index contributed by atoms with van der Waals surface area (Å²) in [5, 5.41) is 12.3. The topological polar surface area (TPSA) is 39.1 Å². The minimum absolute atomic E-state index is 0.450. The van der Waals surface area contributed by atoms with E-state index in [1.807, 2.05) is 0 Å². The van der Waals surface area contributed by atoms with Gasteiger partial charge >= 0.3 is 0 Å². The predicted octanol–water partition coefficient (Wildman–Crippen LogP) is 1.11. The Kier molecular flexibility index (Phi) is 5.05. The summed E-state index contributed by atoms with van der Waals surface area (Å²) in [7, 11) is 4.20. The number of likely N-dealkylation sites (tertiary alicyclic amines) is 1. The van der Waals surface area contributed by atoms with Gasteiger partial charge in [-0.1, -0.05) is 12.1 Å². The van der Waals surface area contributed by atoms with E-state index in [9.17, 15) is 0 Å². The molecule has 1 rings (SSSR count). The van der Waals surface area contributed by atoms with Crippen LogP contribution in [0.25, 0.3) is 0 Å². The molecule has 0 spiro atoms. The fourth-order valence-electron chi connectivity index (χ4n) is 2.03. The molecule has 0 aliphatic carbocycles. The average molecular weight is 213 g/mol. The average Bonchev–Trinajstić information content (AvgIpc) is 2.25. The molecule has 1 N–H and O–H groups in total. The van der Waals surface area contributed by atoms with E-state index in [0.29, 0.717) is 5.92 Å². The van der Waals surface area contributed by atoms with Crippen molar-refractivity contribution in [3.05, 3.63) is 0 Å². The number of nitrogens with zero attached hydrogens (tertiary/aromatic N) is 3. The van der Waals surface area contributed by atoms with Crippen LogP contribution < -0.4 is 0 Å². The molecule has 1 fully saturated rings. The van der Waals surface area contributed by atoms with Gasteiger partial charge in [0.05, 0.1) is 5.71 Å². The molecule has 0 aromatic rings.